The average molecular weight is 390 g/mol. The standard InChI is InChI=1S/2C5H14N.BF4.HI/c2*1-5-6(2,3)4;2-1(3,4)5;/h2*5H2,1-4H3;;1H/q2*+1;-1;/p-1. The quantitative estimate of drug-likeness (QED) is 0.264. The summed E-state index contributed by atoms with van der Waals surface area (Å²) in [7, 11) is 7.08. The highest BCUT2D eigenvalue weighted by Crippen LogP contribution is 2.06. The second kappa shape index (κ2) is 11.3. The maximum absolute atomic E-state index is 9.75. The van der Waals surface area contributed by atoms with Crippen molar-refractivity contribution in [3.63, 3.8) is 0 Å². The van der Waals surface area contributed by atoms with Crippen molar-refractivity contribution in [2.75, 3.05) is 55.4 Å². The van der Waals surface area contributed by atoms with Crippen LogP contribution in [0, 0.1) is 0 Å². The van der Waals surface area contributed by atoms with Crippen molar-refractivity contribution in [1.82, 2.24) is 0 Å². The third-order valence-electron chi connectivity index (χ3n) is 1.90. The summed E-state index contributed by atoms with van der Waals surface area (Å²) in [6.45, 7) is 6.78. The van der Waals surface area contributed by atoms with Crippen LogP contribution in [0.15, 0.2) is 0 Å². The lowest BCUT2D eigenvalue weighted by molar-refractivity contribution is -0.868. The molecule has 18 heavy (non-hydrogen) atoms. The second-order valence-corrected chi connectivity index (χ2v) is 5.71. The van der Waals surface area contributed by atoms with Crippen LogP contribution in [0.1, 0.15) is 13.8 Å². The molecule has 0 aromatic heterocycles. The lowest BCUT2D eigenvalue weighted by Gasteiger charge is -2.20. The van der Waals surface area contributed by atoms with E-state index in [2.05, 4.69) is 56.1 Å². The van der Waals surface area contributed by atoms with Gasteiger partial charge in [0.2, 0.25) is 0 Å². The molecule has 0 aliphatic carbocycles. The fraction of sp³-hybridized carbons (Fsp3) is 1.00. The SMILES string of the molecule is CC[N+](C)(C)C.CC[N+](C)(C)C.F[B-](F)(F)F.[I-]. The Labute approximate surface area is 127 Å². The normalized spacial score (nSPS) is 11.3. The van der Waals surface area contributed by atoms with Gasteiger partial charge >= 0.3 is 7.25 Å². The monoisotopic (exact) mass is 390 g/mol. The second-order valence-electron chi connectivity index (χ2n) is 5.71. The van der Waals surface area contributed by atoms with Crippen molar-refractivity contribution in [1.29, 1.82) is 0 Å². The smallest absolute Gasteiger partial charge is 0.673 e. The maximum atomic E-state index is 9.75. The van der Waals surface area contributed by atoms with E-state index in [1.165, 1.54) is 13.1 Å². The lowest BCUT2D eigenvalue weighted by Crippen LogP contribution is -3.00. The van der Waals surface area contributed by atoms with E-state index in [9.17, 15) is 17.3 Å². The fourth-order valence-electron chi connectivity index (χ4n) is 0. The van der Waals surface area contributed by atoms with E-state index in [0.29, 0.717) is 0 Å². The molecule has 0 aliphatic rings. The molecule has 0 spiro atoms. The van der Waals surface area contributed by atoms with Crippen LogP contribution < -0.4 is 24.0 Å². The zero-order valence-electron chi connectivity index (χ0n) is 12.8. The van der Waals surface area contributed by atoms with Crippen molar-refractivity contribution in [3.05, 3.63) is 0 Å². The first-order valence-corrected chi connectivity index (χ1v) is 5.60. The zero-order valence-corrected chi connectivity index (χ0v) is 14.9. The highest BCUT2D eigenvalue weighted by Gasteiger charge is 2.20. The first kappa shape index (κ1) is 26.9. The number of nitrogens with zero attached hydrogens (tertiary/aromatic N) is 2. The molecule has 0 amide bonds. The van der Waals surface area contributed by atoms with Gasteiger partial charge < -0.3 is 50.2 Å². The molecule has 0 aliphatic heterocycles. The van der Waals surface area contributed by atoms with Gasteiger partial charge in [-0.05, 0) is 13.8 Å². The molecule has 0 radical (unpaired) electrons. The Morgan fingerprint density at radius 3 is 0.722 bits per heavy atom. The minimum atomic E-state index is -6.00. The minimum absolute atomic E-state index is 0. The zero-order chi connectivity index (χ0) is 14.9. The van der Waals surface area contributed by atoms with Crippen LogP contribution in [-0.2, 0) is 0 Å². The van der Waals surface area contributed by atoms with E-state index in [-0.39, 0.29) is 24.0 Å². The summed E-state index contributed by atoms with van der Waals surface area (Å²) >= 11 is 0. The van der Waals surface area contributed by atoms with E-state index in [0.717, 1.165) is 8.97 Å². The average Bonchev–Trinajstić information content (AvgIpc) is 2.00. The van der Waals surface area contributed by atoms with Gasteiger partial charge in [-0.3, -0.25) is 0 Å². The highest BCUT2D eigenvalue weighted by molar-refractivity contribution is 6.50. The van der Waals surface area contributed by atoms with Crippen molar-refractivity contribution in [2.24, 2.45) is 0 Å². The van der Waals surface area contributed by atoms with E-state index in [4.69, 9.17) is 0 Å². The first-order valence-electron chi connectivity index (χ1n) is 5.60. The van der Waals surface area contributed by atoms with Gasteiger partial charge in [0.15, 0.2) is 0 Å². The Balaban J connectivity index is -0.0000000799. The Morgan fingerprint density at radius 2 is 0.722 bits per heavy atom. The van der Waals surface area contributed by atoms with E-state index in [1.54, 1.807) is 0 Å². The number of hydrogen-bond acceptors (Lipinski definition) is 0. The molecule has 0 atom stereocenters. The predicted octanol–water partition coefficient (Wildman–Crippen LogP) is -0.271. The van der Waals surface area contributed by atoms with Crippen LogP contribution in [0.4, 0.5) is 17.3 Å². The Morgan fingerprint density at radius 1 is 0.667 bits per heavy atom. The van der Waals surface area contributed by atoms with Gasteiger partial charge in [0.25, 0.3) is 0 Å². The maximum Gasteiger partial charge on any atom is 0.673 e. The molecule has 0 aromatic carbocycles. The molecule has 0 aromatic rings. The number of halogens is 5. The number of hydrogen-bond donors (Lipinski definition) is 0. The van der Waals surface area contributed by atoms with Crippen LogP contribution in [0.3, 0.4) is 0 Å². The summed E-state index contributed by atoms with van der Waals surface area (Å²) in [6, 6.07) is 0. The van der Waals surface area contributed by atoms with E-state index < -0.39 is 7.25 Å². The van der Waals surface area contributed by atoms with Gasteiger partial charge in [0.05, 0.1) is 55.4 Å². The summed E-state index contributed by atoms with van der Waals surface area (Å²) in [5.41, 5.74) is 0. The van der Waals surface area contributed by atoms with Gasteiger partial charge in [-0.25, -0.2) is 0 Å². The van der Waals surface area contributed by atoms with Gasteiger partial charge in [-0.1, -0.05) is 0 Å². The van der Waals surface area contributed by atoms with Crippen molar-refractivity contribution in [3.8, 4) is 0 Å². The third-order valence-corrected chi connectivity index (χ3v) is 1.90. The molecule has 0 fully saturated rings. The minimum Gasteiger partial charge on any atom is -1.00 e. The highest BCUT2D eigenvalue weighted by atomic mass is 127. The summed E-state index contributed by atoms with van der Waals surface area (Å²) in [5.74, 6) is 0. The molecule has 0 rings (SSSR count). The van der Waals surface area contributed by atoms with Crippen LogP contribution in [0.25, 0.3) is 0 Å². The molecule has 0 saturated carbocycles. The lowest BCUT2D eigenvalue weighted by atomic mass is 10.3. The van der Waals surface area contributed by atoms with Crippen LogP contribution in [0.2, 0.25) is 0 Å². The molecule has 116 valence electrons. The Hall–Kier alpha value is 0.435. The van der Waals surface area contributed by atoms with Crippen LogP contribution in [-0.4, -0.2) is 71.6 Å². The Kier molecular flexibility index (Phi) is 16.8. The van der Waals surface area contributed by atoms with Gasteiger partial charge in [-0.15, -0.1) is 0 Å². The molecule has 0 N–H and O–H groups in total. The summed E-state index contributed by atoms with van der Waals surface area (Å²) < 4.78 is 41.1. The summed E-state index contributed by atoms with van der Waals surface area (Å²) in [5, 5.41) is 0. The first-order chi connectivity index (χ1) is 7.12. The Bertz CT molecular complexity index is 156. The largest absolute Gasteiger partial charge is 1.00 e. The van der Waals surface area contributed by atoms with E-state index >= 15 is 0 Å². The summed E-state index contributed by atoms with van der Waals surface area (Å²) in [6.07, 6.45) is 0. The van der Waals surface area contributed by atoms with Gasteiger partial charge in [0.1, 0.15) is 0 Å². The topological polar surface area (TPSA) is 0 Å². The van der Waals surface area contributed by atoms with Crippen molar-refractivity contribution in [2.45, 2.75) is 13.8 Å². The molecular weight excluding hydrogens is 362 g/mol. The summed E-state index contributed by atoms with van der Waals surface area (Å²) in [4.78, 5) is 0. The molecule has 0 heterocycles. The molecule has 2 nitrogen and oxygen atoms in total. The van der Waals surface area contributed by atoms with E-state index in [1.807, 2.05) is 0 Å². The van der Waals surface area contributed by atoms with Crippen LogP contribution in [0.5, 0.6) is 0 Å². The molecule has 0 bridgehead atoms. The predicted molar refractivity (Wildman–Crippen MR) is 67.3 cm³/mol. The van der Waals surface area contributed by atoms with Crippen LogP contribution >= 0.6 is 0 Å². The molecule has 0 unspecified atom stereocenters. The fourth-order valence-corrected chi connectivity index (χ4v) is 0. The number of rotatable bonds is 2. The number of quaternary nitrogens is 2. The molecule has 0 saturated heterocycles. The van der Waals surface area contributed by atoms with Crippen molar-refractivity contribution >= 4 is 7.25 Å². The van der Waals surface area contributed by atoms with Crippen molar-refractivity contribution < 1.29 is 50.2 Å². The van der Waals surface area contributed by atoms with Gasteiger partial charge in [0, 0.05) is 0 Å². The molecular formula is C10H28BF4IN2. The third kappa shape index (κ3) is 94.6. The van der Waals surface area contributed by atoms with Gasteiger partial charge in [-0.2, -0.15) is 0 Å². The molecule has 8 heteroatoms.